The topological polar surface area (TPSA) is 101 Å². The fourth-order valence-corrected chi connectivity index (χ4v) is 5.42. The Morgan fingerprint density at radius 2 is 2.20 bits per heavy atom. The molecular weight excluding hydrogens is 362 g/mol. The van der Waals surface area contributed by atoms with Crippen molar-refractivity contribution in [2.24, 2.45) is 5.92 Å². The zero-order valence-corrected chi connectivity index (χ0v) is 16.0. The van der Waals surface area contributed by atoms with Crippen molar-refractivity contribution in [3.63, 3.8) is 0 Å². The Morgan fingerprint density at radius 3 is 2.84 bits per heavy atom. The van der Waals surface area contributed by atoms with E-state index in [1.165, 1.54) is 35.6 Å². The standard InChI is InChI=1S/C16H21N3O4S2/c1-4-11-5-6-13-12(7-11)8-14(24-13)16(20)17-19-25(21,22)15-9(2)18-23-10(15)3/h8,11,19H,4-7H2,1-3H3,(H,17,20)/t11-/m1/s1. The minimum absolute atomic E-state index is 0.0518. The van der Waals surface area contributed by atoms with Gasteiger partial charge >= 0.3 is 0 Å². The summed E-state index contributed by atoms with van der Waals surface area (Å²) in [5, 5.41) is 3.62. The summed E-state index contributed by atoms with van der Waals surface area (Å²) >= 11 is 1.43. The van der Waals surface area contributed by atoms with Gasteiger partial charge in [0.2, 0.25) is 0 Å². The van der Waals surface area contributed by atoms with Crippen LogP contribution in [0, 0.1) is 19.8 Å². The van der Waals surface area contributed by atoms with Crippen LogP contribution >= 0.6 is 11.3 Å². The monoisotopic (exact) mass is 383 g/mol. The third kappa shape index (κ3) is 3.63. The first-order chi connectivity index (χ1) is 11.8. The molecule has 0 fully saturated rings. The molecule has 0 saturated carbocycles. The Labute approximate surface area is 150 Å². The molecule has 1 amide bonds. The van der Waals surface area contributed by atoms with Crippen LogP contribution < -0.4 is 10.3 Å². The van der Waals surface area contributed by atoms with Crippen molar-refractivity contribution in [1.29, 1.82) is 0 Å². The third-order valence-electron chi connectivity index (χ3n) is 4.52. The lowest BCUT2D eigenvalue weighted by Gasteiger charge is -2.19. The van der Waals surface area contributed by atoms with Crippen LogP contribution in [0.5, 0.6) is 0 Å². The summed E-state index contributed by atoms with van der Waals surface area (Å²) in [5.74, 6) is 0.385. The molecular formula is C16H21N3O4S2. The van der Waals surface area contributed by atoms with Gasteiger partial charge in [0.25, 0.3) is 15.9 Å². The first kappa shape index (κ1) is 18.1. The number of nitrogens with zero attached hydrogens (tertiary/aromatic N) is 1. The molecule has 0 aliphatic heterocycles. The van der Waals surface area contributed by atoms with Crippen LogP contribution in [0.2, 0.25) is 0 Å². The van der Waals surface area contributed by atoms with Crippen LogP contribution in [-0.4, -0.2) is 19.5 Å². The Kier molecular flexibility index (Phi) is 4.99. The van der Waals surface area contributed by atoms with Crippen molar-refractivity contribution in [1.82, 2.24) is 15.4 Å². The number of nitrogens with one attached hydrogen (secondary N) is 2. The number of rotatable bonds is 5. The van der Waals surface area contributed by atoms with Crippen molar-refractivity contribution in [2.45, 2.75) is 51.3 Å². The lowest BCUT2D eigenvalue weighted by Crippen LogP contribution is -2.41. The molecule has 2 heterocycles. The number of aromatic nitrogens is 1. The average molecular weight is 383 g/mol. The van der Waals surface area contributed by atoms with E-state index >= 15 is 0 Å². The van der Waals surface area contributed by atoms with E-state index in [9.17, 15) is 13.2 Å². The predicted molar refractivity (Wildman–Crippen MR) is 93.9 cm³/mol. The van der Waals surface area contributed by atoms with Crippen molar-refractivity contribution < 1.29 is 17.7 Å². The molecule has 9 heteroatoms. The van der Waals surface area contributed by atoms with E-state index in [1.54, 1.807) is 0 Å². The van der Waals surface area contributed by atoms with Crippen molar-refractivity contribution in [3.05, 3.63) is 32.8 Å². The van der Waals surface area contributed by atoms with Crippen molar-refractivity contribution in [2.75, 3.05) is 0 Å². The Hall–Kier alpha value is -1.71. The maximum Gasteiger partial charge on any atom is 0.276 e. The molecule has 1 atom stereocenters. The van der Waals surface area contributed by atoms with Crippen LogP contribution in [0.4, 0.5) is 0 Å². The second-order valence-electron chi connectivity index (χ2n) is 6.29. The van der Waals surface area contributed by atoms with E-state index in [1.807, 2.05) is 6.07 Å². The summed E-state index contributed by atoms with van der Waals surface area (Å²) in [6.45, 7) is 5.22. The number of aryl methyl sites for hydroxylation is 3. The number of sulfonamides is 1. The van der Waals surface area contributed by atoms with Crippen LogP contribution in [-0.2, 0) is 22.9 Å². The SMILES string of the molecule is CC[C@@H]1CCc2sc(C(=O)NNS(=O)(=O)c3c(C)noc3C)cc2C1. The first-order valence-corrected chi connectivity index (χ1v) is 10.5. The smallest absolute Gasteiger partial charge is 0.276 e. The number of carbonyl (C=O) groups excluding carboxylic acids is 1. The molecule has 25 heavy (non-hydrogen) atoms. The summed E-state index contributed by atoms with van der Waals surface area (Å²) in [5.41, 5.74) is 3.74. The number of amides is 1. The highest BCUT2D eigenvalue weighted by Crippen LogP contribution is 2.33. The maximum atomic E-state index is 12.3. The molecule has 0 spiro atoms. The van der Waals surface area contributed by atoms with Crippen LogP contribution in [0.15, 0.2) is 15.5 Å². The van der Waals surface area contributed by atoms with E-state index in [-0.39, 0.29) is 16.3 Å². The van der Waals surface area contributed by atoms with Crippen molar-refractivity contribution >= 4 is 27.3 Å². The molecule has 1 aliphatic rings. The largest absolute Gasteiger partial charge is 0.360 e. The van der Waals surface area contributed by atoms with Crippen LogP contribution in [0.25, 0.3) is 0 Å². The second kappa shape index (κ2) is 6.89. The lowest BCUT2D eigenvalue weighted by molar-refractivity contribution is 0.0949. The average Bonchev–Trinajstić information content (AvgIpc) is 3.15. The highest BCUT2D eigenvalue weighted by atomic mass is 32.2. The number of hydrogen-bond donors (Lipinski definition) is 2. The van der Waals surface area contributed by atoms with Gasteiger partial charge in [0, 0.05) is 4.88 Å². The molecule has 136 valence electrons. The van der Waals surface area contributed by atoms with E-state index in [0.717, 1.165) is 25.7 Å². The van der Waals surface area contributed by atoms with Gasteiger partial charge in [0.1, 0.15) is 10.6 Å². The molecule has 1 aliphatic carbocycles. The zero-order chi connectivity index (χ0) is 18.2. The van der Waals surface area contributed by atoms with Gasteiger partial charge in [-0.2, -0.15) is 0 Å². The van der Waals surface area contributed by atoms with Gasteiger partial charge < -0.3 is 4.52 Å². The van der Waals surface area contributed by atoms with Gasteiger partial charge in [-0.25, -0.2) is 8.42 Å². The molecule has 0 bridgehead atoms. The number of fused-ring (bicyclic) bond motifs is 1. The van der Waals surface area contributed by atoms with Gasteiger partial charge in [-0.1, -0.05) is 18.5 Å². The number of carbonyl (C=O) groups is 1. The van der Waals surface area contributed by atoms with Crippen LogP contribution in [0.3, 0.4) is 0 Å². The molecule has 0 saturated heterocycles. The Balaban J connectivity index is 1.70. The van der Waals surface area contributed by atoms with Gasteiger partial charge in [-0.15, -0.1) is 16.2 Å². The van der Waals surface area contributed by atoms with E-state index in [0.29, 0.717) is 10.8 Å². The highest BCUT2D eigenvalue weighted by Gasteiger charge is 2.26. The lowest BCUT2D eigenvalue weighted by atomic mass is 9.87. The van der Waals surface area contributed by atoms with E-state index < -0.39 is 15.9 Å². The molecule has 7 nitrogen and oxygen atoms in total. The molecule has 0 radical (unpaired) electrons. The summed E-state index contributed by atoms with van der Waals surface area (Å²) in [6, 6.07) is 1.88. The number of hydrogen-bond acceptors (Lipinski definition) is 6. The zero-order valence-electron chi connectivity index (χ0n) is 14.4. The van der Waals surface area contributed by atoms with Gasteiger partial charge in [0.05, 0.1) is 4.88 Å². The fraction of sp³-hybridized carbons (Fsp3) is 0.500. The van der Waals surface area contributed by atoms with Gasteiger partial charge in [0.15, 0.2) is 5.76 Å². The number of hydrazine groups is 1. The Morgan fingerprint density at radius 1 is 1.44 bits per heavy atom. The normalized spacial score (nSPS) is 17.3. The summed E-state index contributed by atoms with van der Waals surface area (Å²) < 4.78 is 29.5. The second-order valence-corrected chi connectivity index (χ2v) is 9.05. The summed E-state index contributed by atoms with van der Waals surface area (Å²) in [7, 11) is -3.93. The van der Waals surface area contributed by atoms with Crippen molar-refractivity contribution in [3.8, 4) is 0 Å². The molecule has 0 aromatic carbocycles. The van der Waals surface area contributed by atoms with Gasteiger partial charge in [-0.3, -0.25) is 10.2 Å². The molecule has 0 unspecified atom stereocenters. The van der Waals surface area contributed by atoms with Gasteiger partial charge in [-0.05, 0) is 50.7 Å². The molecule has 3 rings (SSSR count). The maximum absolute atomic E-state index is 12.3. The molecule has 2 aromatic heterocycles. The van der Waals surface area contributed by atoms with E-state index in [2.05, 4.69) is 22.3 Å². The fourth-order valence-electron chi connectivity index (χ4n) is 3.14. The minimum atomic E-state index is -3.93. The Bertz CT molecular complexity index is 879. The first-order valence-electron chi connectivity index (χ1n) is 8.18. The quantitative estimate of drug-likeness (QED) is 0.773. The summed E-state index contributed by atoms with van der Waals surface area (Å²) in [6.07, 6.45) is 4.24. The summed E-state index contributed by atoms with van der Waals surface area (Å²) in [4.78, 5) is 16.1. The van der Waals surface area contributed by atoms with Crippen LogP contribution in [0.1, 0.15) is 51.3 Å². The highest BCUT2D eigenvalue weighted by molar-refractivity contribution is 7.89. The van der Waals surface area contributed by atoms with E-state index in [4.69, 9.17) is 4.52 Å². The third-order valence-corrected chi connectivity index (χ3v) is 7.25. The molecule has 2 N–H and O–H groups in total. The predicted octanol–water partition coefficient (Wildman–Crippen LogP) is 2.49. The molecule has 2 aromatic rings. The number of thiophene rings is 1. The minimum Gasteiger partial charge on any atom is -0.360 e.